The molecular weight excluding hydrogens is 196 g/mol. The Hall–Kier alpha value is -0.860. The van der Waals surface area contributed by atoms with Crippen LogP contribution in [0.15, 0.2) is 24.3 Å². The first-order valence-corrected chi connectivity index (χ1v) is 6.01. The molecule has 0 bridgehead atoms. The summed E-state index contributed by atoms with van der Waals surface area (Å²) in [5.41, 5.74) is 8.47. The van der Waals surface area contributed by atoms with Gasteiger partial charge in [0.05, 0.1) is 0 Å². The summed E-state index contributed by atoms with van der Waals surface area (Å²) in [5.74, 6) is 0.536. The van der Waals surface area contributed by atoms with Crippen LogP contribution in [0.25, 0.3) is 0 Å². The van der Waals surface area contributed by atoms with Gasteiger partial charge in [0.2, 0.25) is 0 Å². The number of aryl methyl sites for hydroxylation is 1. The van der Waals surface area contributed by atoms with E-state index in [9.17, 15) is 0 Å². The standard InChI is InChI=1S/C14H24N2/c1-11-7-5-6-8-14(11)10-16(4)13(3)12(2)9-15/h5-8,12-13H,9-10,15H2,1-4H3. The van der Waals surface area contributed by atoms with Gasteiger partial charge in [-0.25, -0.2) is 0 Å². The maximum Gasteiger partial charge on any atom is 0.0236 e. The summed E-state index contributed by atoms with van der Waals surface area (Å²) < 4.78 is 0. The van der Waals surface area contributed by atoms with Crippen LogP contribution in [-0.4, -0.2) is 24.5 Å². The summed E-state index contributed by atoms with van der Waals surface area (Å²) in [6, 6.07) is 9.08. The van der Waals surface area contributed by atoms with Crippen LogP contribution in [0.2, 0.25) is 0 Å². The second-order valence-electron chi connectivity index (χ2n) is 4.80. The molecule has 1 aromatic rings. The molecule has 0 aromatic heterocycles. The fraction of sp³-hybridized carbons (Fsp3) is 0.571. The number of nitrogens with zero attached hydrogens (tertiary/aromatic N) is 1. The average Bonchev–Trinajstić information content (AvgIpc) is 2.30. The Morgan fingerprint density at radius 2 is 1.88 bits per heavy atom. The summed E-state index contributed by atoms with van der Waals surface area (Å²) in [6.45, 7) is 8.37. The molecule has 2 N–H and O–H groups in total. The third-order valence-corrected chi connectivity index (χ3v) is 3.57. The highest BCUT2D eigenvalue weighted by molar-refractivity contribution is 5.25. The van der Waals surface area contributed by atoms with Crippen molar-refractivity contribution >= 4 is 0 Å². The zero-order valence-electron chi connectivity index (χ0n) is 10.9. The molecule has 0 radical (unpaired) electrons. The van der Waals surface area contributed by atoms with Gasteiger partial charge >= 0.3 is 0 Å². The first-order chi connectivity index (χ1) is 7.56. The monoisotopic (exact) mass is 220 g/mol. The van der Waals surface area contributed by atoms with Crippen LogP contribution in [0.5, 0.6) is 0 Å². The van der Waals surface area contributed by atoms with Gasteiger partial charge in [-0.05, 0) is 44.5 Å². The molecule has 0 aliphatic carbocycles. The smallest absolute Gasteiger partial charge is 0.0236 e. The lowest BCUT2D eigenvalue weighted by molar-refractivity contribution is 0.194. The average molecular weight is 220 g/mol. The van der Waals surface area contributed by atoms with Gasteiger partial charge in [0, 0.05) is 12.6 Å². The lowest BCUT2D eigenvalue weighted by Gasteiger charge is -2.29. The third kappa shape index (κ3) is 3.32. The molecule has 2 nitrogen and oxygen atoms in total. The Labute approximate surface area is 99.5 Å². The van der Waals surface area contributed by atoms with E-state index in [4.69, 9.17) is 5.73 Å². The Kier molecular flexibility index (Phi) is 4.97. The molecule has 0 fully saturated rings. The van der Waals surface area contributed by atoms with E-state index in [2.05, 4.69) is 57.0 Å². The topological polar surface area (TPSA) is 29.3 Å². The molecule has 90 valence electrons. The number of rotatable bonds is 5. The molecule has 0 spiro atoms. The minimum absolute atomic E-state index is 0.518. The summed E-state index contributed by atoms with van der Waals surface area (Å²) >= 11 is 0. The molecule has 0 amide bonds. The molecule has 0 heterocycles. The van der Waals surface area contributed by atoms with Crippen LogP contribution < -0.4 is 5.73 Å². The summed E-state index contributed by atoms with van der Waals surface area (Å²) in [5, 5.41) is 0. The predicted octanol–water partition coefficient (Wildman–Crippen LogP) is 2.41. The Morgan fingerprint density at radius 1 is 1.25 bits per heavy atom. The summed E-state index contributed by atoms with van der Waals surface area (Å²) in [4.78, 5) is 2.37. The second-order valence-corrected chi connectivity index (χ2v) is 4.80. The fourth-order valence-electron chi connectivity index (χ4n) is 1.83. The van der Waals surface area contributed by atoms with Gasteiger partial charge in [-0.15, -0.1) is 0 Å². The van der Waals surface area contributed by atoms with Gasteiger partial charge in [-0.3, -0.25) is 4.90 Å². The van der Waals surface area contributed by atoms with Crippen molar-refractivity contribution in [2.45, 2.75) is 33.4 Å². The normalized spacial score (nSPS) is 15.1. The molecule has 2 heteroatoms. The first kappa shape index (κ1) is 13.2. The van der Waals surface area contributed by atoms with Crippen LogP contribution in [0.4, 0.5) is 0 Å². The number of benzene rings is 1. The Morgan fingerprint density at radius 3 is 2.44 bits per heavy atom. The van der Waals surface area contributed by atoms with Crippen LogP contribution in [0, 0.1) is 12.8 Å². The number of hydrogen-bond donors (Lipinski definition) is 1. The molecule has 1 rings (SSSR count). The quantitative estimate of drug-likeness (QED) is 0.825. The van der Waals surface area contributed by atoms with Crippen molar-refractivity contribution in [3.63, 3.8) is 0 Å². The molecule has 1 aromatic carbocycles. The largest absolute Gasteiger partial charge is 0.330 e. The van der Waals surface area contributed by atoms with Crippen molar-refractivity contribution in [2.75, 3.05) is 13.6 Å². The molecule has 0 aliphatic heterocycles. The van der Waals surface area contributed by atoms with Crippen LogP contribution in [0.1, 0.15) is 25.0 Å². The van der Waals surface area contributed by atoms with E-state index < -0.39 is 0 Å². The number of nitrogens with two attached hydrogens (primary N) is 1. The van der Waals surface area contributed by atoms with Crippen molar-refractivity contribution in [1.82, 2.24) is 4.90 Å². The van der Waals surface area contributed by atoms with E-state index in [1.54, 1.807) is 0 Å². The van der Waals surface area contributed by atoms with Crippen molar-refractivity contribution < 1.29 is 0 Å². The third-order valence-electron chi connectivity index (χ3n) is 3.57. The second kappa shape index (κ2) is 6.02. The summed E-state index contributed by atoms with van der Waals surface area (Å²) in [7, 11) is 2.17. The minimum Gasteiger partial charge on any atom is -0.330 e. The molecule has 0 aliphatic rings. The fourth-order valence-corrected chi connectivity index (χ4v) is 1.83. The molecule has 2 atom stereocenters. The van der Waals surface area contributed by atoms with E-state index >= 15 is 0 Å². The van der Waals surface area contributed by atoms with Crippen molar-refractivity contribution in [1.29, 1.82) is 0 Å². The molecule has 0 saturated carbocycles. The highest BCUT2D eigenvalue weighted by atomic mass is 15.1. The van der Waals surface area contributed by atoms with Gasteiger partial charge in [0.15, 0.2) is 0 Å². The van der Waals surface area contributed by atoms with Crippen molar-refractivity contribution in [2.24, 2.45) is 11.7 Å². The van der Waals surface area contributed by atoms with E-state index in [0.29, 0.717) is 12.0 Å². The van der Waals surface area contributed by atoms with Crippen molar-refractivity contribution in [3.8, 4) is 0 Å². The predicted molar refractivity (Wildman–Crippen MR) is 70.3 cm³/mol. The van der Waals surface area contributed by atoms with Crippen LogP contribution in [0.3, 0.4) is 0 Å². The zero-order valence-corrected chi connectivity index (χ0v) is 10.9. The van der Waals surface area contributed by atoms with Crippen LogP contribution in [-0.2, 0) is 6.54 Å². The zero-order chi connectivity index (χ0) is 12.1. The minimum atomic E-state index is 0.518. The van der Waals surface area contributed by atoms with Crippen molar-refractivity contribution in [3.05, 3.63) is 35.4 Å². The van der Waals surface area contributed by atoms with E-state index in [1.165, 1.54) is 11.1 Å². The first-order valence-electron chi connectivity index (χ1n) is 6.01. The summed E-state index contributed by atoms with van der Waals surface area (Å²) in [6.07, 6.45) is 0. The van der Waals surface area contributed by atoms with E-state index in [0.717, 1.165) is 13.1 Å². The lowest BCUT2D eigenvalue weighted by Crippen LogP contribution is -2.37. The van der Waals surface area contributed by atoms with Gasteiger partial charge < -0.3 is 5.73 Å². The van der Waals surface area contributed by atoms with Gasteiger partial charge in [-0.1, -0.05) is 31.2 Å². The maximum atomic E-state index is 5.71. The highest BCUT2D eigenvalue weighted by Crippen LogP contribution is 2.14. The lowest BCUT2D eigenvalue weighted by atomic mass is 10.0. The Balaban J connectivity index is 2.64. The highest BCUT2D eigenvalue weighted by Gasteiger charge is 2.16. The van der Waals surface area contributed by atoms with Gasteiger partial charge in [-0.2, -0.15) is 0 Å². The van der Waals surface area contributed by atoms with Crippen LogP contribution >= 0.6 is 0 Å². The molecule has 0 saturated heterocycles. The maximum absolute atomic E-state index is 5.71. The van der Waals surface area contributed by atoms with Gasteiger partial charge in [0.1, 0.15) is 0 Å². The molecule has 16 heavy (non-hydrogen) atoms. The van der Waals surface area contributed by atoms with E-state index in [1.807, 2.05) is 0 Å². The van der Waals surface area contributed by atoms with E-state index in [-0.39, 0.29) is 0 Å². The Bertz CT molecular complexity index is 322. The molecular formula is C14H24N2. The SMILES string of the molecule is Cc1ccccc1CN(C)C(C)C(C)CN. The molecule has 2 unspecified atom stereocenters. The number of hydrogen-bond acceptors (Lipinski definition) is 2. The van der Waals surface area contributed by atoms with Gasteiger partial charge in [0.25, 0.3) is 0 Å².